The highest BCUT2D eigenvalue weighted by Gasteiger charge is 2.17. The Morgan fingerprint density at radius 2 is 2.12 bits per heavy atom. The summed E-state index contributed by atoms with van der Waals surface area (Å²) in [4.78, 5) is 13.0. The van der Waals surface area contributed by atoms with Gasteiger partial charge < -0.3 is 9.88 Å². The molecule has 0 unspecified atom stereocenters. The lowest BCUT2D eigenvalue weighted by molar-refractivity contribution is 0.373. The van der Waals surface area contributed by atoms with E-state index in [0.29, 0.717) is 6.04 Å². The van der Waals surface area contributed by atoms with Gasteiger partial charge >= 0.3 is 0 Å². The molecule has 16 heavy (non-hydrogen) atoms. The minimum atomic E-state index is 0.528. The summed E-state index contributed by atoms with van der Waals surface area (Å²) in [5, 5.41) is 3.37. The number of nitrogens with zero attached hydrogens (tertiary/aromatic N) is 4. The predicted octanol–water partition coefficient (Wildman–Crippen LogP) is 1.06. The van der Waals surface area contributed by atoms with E-state index < -0.39 is 0 Å². The number of hydrogen-bond acceptors (Lipinski definition) is 4. The van der Waals surface area contributed by atoms with Crippen molar-refractivity contribution in [2.45, 2.75) is 25.8 Å². The summed E-state index contributed by atoms with van der Waals surface area (Å²) in [7, 11) is 0. The van der Waals surface area contributed by atoms with Crippen LogP contribution in [0.5, 0.6) is 0 Å². The van der Waals surface area contributed by atoms with Gasteiger partial charge in [-0.25, -0.2) is 15.0 Å². The lowest BCUT2D eigenvalue weighted by Gasteiger charge is -2.23. The molecule has 3 heterocycles. The molecule has 0 aliphatic carbocycles. The largest absolute Gasteiger partial charge is 0.317 e. The number of aromatic nitrogens is 4. The standard InChI is InChI=1S/C11H15N5/c1-8-13-6-10-11(15-8)16(7-14-10)9-2-4-12-5-3-9/h6-7,9,12H,2-5H2,1H3. The molecule has 5 heteroatoms. The summed E-state index contributed by atoms with van der Waals surface area (Å²) in [5.41, 5.74) is 1.86. The molecule has 2 aromatic rings. The van der Waals surface area contributed by atoms with Gasteiger partial charge in [0.15, 0.2) is 5.65 Å². The summed E-state index contributed by atoms with van der Waals surface area (Å²) in [5.74, 6) is 0.809. The highest BCUT2D eigenvalue weighted by Crippen LogP contribution is 2.22. The molecule has 0 saturated carbocycles. The van der Waals surface area contributed by atoms with Gasteiger partial charge in [-0.2, -0.15) is 0 Å². The van der Waals surface area contributed by atoms with Crippen LogP contribution in [0.15, 0.2) is 12.5 Å². The van der Waals surface area contributed by atoms with Gasteiger partial charge in [-0.3, -0.25) is 0 Å². The summed E-state index contributed by atoms with van der Waals surface area (Å²) in [6.45, 7) is 4.07. The van der Waals surface area contributed by atoms with Crippen LogP contribution in [0, 0.1) is 6.92 Å². The van der Waals surface area contributed by atoms with Crippen molar-refractivity contribution < 1.29 is 0 Å². The maximum Gasteiger partial charge on any atom is 0.163 e. The van der Waals surface area contributed by atoms with Crippen LogP contribution in [0.25, 0.3) is 11.2 Å². The first-order valence-electron chi connectivity index (χ1n) is 5.71. The molecule has 5 nitrogen and oxygen atoms in total. The fourth-order valence-electron chi connectivity index (χ4n) is 2.26. The molecule has 1 saturated heterocycles. The number of piperidine rings is 1. The van der Waals surface area contributed by atoms with Crippen LogP contribution in [0.4, 0.5) is 0 Å². The highest BCUT2D eigenvalue weighted by molar-refractivity contribution is 5.69. The zero-order valence-electron chi connectivity index (χ0n) is 9.35. The molecule has 0 radical (unpaired) electrons. The molecular weight excluding hydrogens is 202 g/mol. The zero-order valence-corrected chi connectivity index (χ0v) is 9.35. The van der Waals surface area contributed by atoms with Crippen molar-refractivity contribution in [1.29, 1.82) is 0 Å². The zero-order chi connectivity index (χ0) is 11.0. The minimum absolute atomic E-state index is 0.528. The molecule has 1 fully saturated rings. The van der Waals surface area contributed by atoms with Crippen molar-refractivity contribution >= 4 is 11.2 Å². The summed E-state index contributed by atoms with van der Waals surface area (Å²) < 4.78 is 2.20. The first-order chi connectivity index (χ1) is 7.84. The van der Waals surface area contributed by atoms with Gasteiger partial charge in [0, 0.05) is 6.04 Å². The SMILES string of the molecule is Cc1ncc2ncn(C3CCNCC3)c2n1. The van der Waals surface area contributed by atoms with Crippen molar-refractivity contribution in [1.82, 2.24) is 24.8 Å². The number of nitrogens with one attached hydrogen (secondary N) is 1. The van der Waals surface area contributed by atoms with Crippen LogP contribution in [0.1, 0.15) is 24.7 Å². The topological polar surface area (TPSA) is 55.6 Å². The van der Waals surface area contributed by atoms with Crippen molar-refractivity contribution in [3.8, 4) is 0 Å². The Labute approximate surface area is 93.9 Å². The fraction of sp³-hybridized carbons (Fsp3) is 0.545. The van der Waals surface area contributed by atoms with Gasteiger partial charge in [-0.05, 0) is 32.9 Å². The molecular formula is C11H15N5. The molecule has 1 aliphatic rings. The Bertz CT molecular complexity index is 498. The summed E-state index contributed by atoms with van der Waals surface area (Å²) >= 11 is 0. The number of hydrogen-bond donors (Lipinski definition) is 1. The monoisotopic (exact) mass is 217 g/mol. The molecule has 1 aliphatic heterocycles. The average molecular weight is 217 g/mol. The minimum Gasteiger partial charge on any atom is -0.317 e. The Kier molecular flexibility index (Phi) is 2.32. The predicted molar refractivity (Wildman–Crippen MR) is 61.2 cm³/mol. The van der Waals surface area contributed by atoms with E-state index in [1.165, 1.54) is 0 Å². The van der Waals surface area contributed by atoms with Gasteiger partial charge in [-0.15, -0.1) is 0 Å². The van der Waals surface area contributed by atoms with E-state index in [4.69, 9.17) is 0 Å². The molecule has 0 atom stereocenters. The molecule has 0 spiro atoms. The quantitative estimate of drug-likeness (QED) is 0.776. The number of imidazole rings is 1. The average Bonchev–Trinajstić information content (AvgIpc) is 2.73. The van der Waals surface area contributed by atoms with E-state index in [1.807, 2.05) is 13.3 Å². The normalized spacial score (nSPS) is 18.1. The number of aryl methyl sites for hydroxylation is 1. The van der Waals surface area contributed by atoms with E-state index >= 15 is 0 Å². The van der Waals surface area contributed by atoms with Crippen LogP contribution in [-0.2, 0) is 0 Å². The van der Waals surface area contributed by atoms with Gasteiger partial charge in [0.25, 0.3) is 0 Å². The van der Waals surface area contributed by atoms with Crippen LogP contribution >= 0.6 is 0 Å². The lowest BCUT2D eigenvalue weighted by atomic mass is 10.1. The second kappa shape index (κ2) is 3.83. The van der Waals surface area contributed by atoms with Crippen molar-refractivity contribution in [3.63, 3.8) is 0 Å². The molecule has 1 N–H and O–H groups in total. The third kappa shape index (κ3) is 1.57. The summed E-state index contributed by atoms with van der Waals surface area (Å²) in [6.07, 6.45) is 5.99. The number of rotatable bonds is 1. The third-order valence-electron chi connectivity index (χ3n) is 3.14. The van der Waals surface area contributed by atoms with Crippen LogP contribution in [0.3, 0.4) is 0 Å². The maximum atomic E-state index is 4.48. The van der Waals surface area contributed by atoms with Gasteiger partial charge in [0.05, 0.1) is 12.5 Å². The van der Waals surface area contributed by atoms with Crippen LogP contribution in [0.2, 0.25) is 0 Å². The van der Waals surface area contributed by atoms with Gasteiger partial charge in [0.2, 0.25) is 0 Å². The Morgan fingerprint density at radius 1 is 1.31 bits per heavy atom. The third-order valence-corrected chi connectivity index (χ3v) is 3.14. The van der Waals surface area contributed by atoms with E-state index in [2.05, 4.69) is 24.8 Å². The second-order valence-corrected chi connectivity index (χ2v) is 4.26. The van der Waals surface area contributed by atoms with Crippen molar-refractivity contribution in [3.05, 3.63) is 18.3 Å². The fourth-order valence-corrected chi connectivity index (χ4v) is 2.26. The molecule has 84 valence electrons. The van der Waals surface area contributed by atoms with Crippen LogP contribution in [-0.4, -0.2) is 32.6 Å². The van der Waals surface area contributed by atoms with Crippen LogP contribution < -0.4 is 5.32 Å². The Morgan fingerprint density at radius 3 is 2.94 bits per heavy atom. The lowest BCUT2D eigenvalue weighted by Crippen LogP contribution is -2.29. The van der Waals surface area contributed by atoms with Crippen molar-refractivity contribution in [2.75, 3.05) is 13.1 Å². The van der Waals surface area contributed by atoms with E-state index in [0.717, 1.165) is 42.9 Å². The first kappa shape index (κ1) is 9.72. The molecule has 3 rings (SSSR count). The number of fused-ring (bicyclic) bond motifs is 1. The van der Waals surface area contributed by atoms with E-state index in [1.54, 1.807) is 6.20 Å². The van der Waals surface area contributed by atoms with Gasteiger partial charge in [-0.1, -0.05) is 0 Å². The second-order valence-electron chi connectivity index (χ2n) is 4.26. The van der Waals surface area contributed by atoms with E-state index in [9.17, 15) is 0 Å². The first-order valence-corrected chi connectivity index (χ1v) is 5.71. The molecule has 0 amide bonds. The molecule has 0 bridgehead atoms. The van der Waals surface area contributed by atoms with E-state index in [-0.39, 0.29) is 0 Å². The molecule has 2 aromatic heterocycles. The maximum absolute atomic E-state index is 4.48. The van der Waals surface area contributed by atoms with Gasteiger partial charge in [0.1, 0.15) is 11.3 Å². The molecule has 0 aromatic carbocycles. The smallest absolute Gasteiger partial charge is 0.163 e. The van der Waals surface area contributed by atoms with Crippen molar-refractivity contribution in [2.24, 2.45) is 0 Å². The summed E-state index contributed by atoms with van der Waals surface area (Å²) in [6, 6.07) is 0.528. The Balaban J connectivity index is 2.05. The highest BCUT2D eigenvalue weighted by atomic mass is 15.1. The Hall–Kier alpha value is -1.49.